The molecule has 6 heteroatoms. The van der Waals surface area contributed by atoms with Gasteiger partial charge in [-0.2, -0.15) is 0 Å². The first-order chi connectivity index (χ1) is 9.61. The quantitative estimate of drug-likeness (QED) is 0.862. The molecule has 2 rings (SSSR count). The molecule has 1 heterocycles. The first-order valence-corrected chi connectivity index (χ1v) is 7.48. The minimum atomic E-state index is -0.397. The van der Waals surface area contributed by atoms with E-state index in [4.69, 9.17) is 4.74 Å². The van der Waals surface area contributed by atoms with E-state index in [1.807, 2.05) is 0 Å². The summed E-state index contributed by atoms with van der Waals surface area (Å²) < 4.78 is 19.2. The average Bonchev–Trinajstić information content (AvgIpc) is 2.89. The lowest BCUT2D eigenvalue weighted by Crippen LogP contribution is -2.41. The Kier molecular flexibility index (Phi) is 5.51. The maximum absolute atomic E-state index is 13.4. The van der Waals surface area contributed by atoms with Gasteiger partial charge in [-0.25, -0.2) is 4.39 Å². The minimum Gasteiger partial charge on any atom is -0.379 e. The van der Waals surface area contributed by atoms with E-state index in [0.717, 1.165) is 13.0 Å². The molecule has 4 nitrogen and oxygen atoms in total. The highest BCUT2D eigenvalue weighted by atomic mass is 79.9. The molecular weight excluding hydrogens is 327 g/mol. The Bertz CT molecular complexity index is 484. The minimum absolute atomic E-state index is 0.0234. The van der Waals surface area contributed by atoms with Gasteiger partial charge in [0.25, 0.3) is 0 Å². The number of amides is 1. The predicted octanol–water partition coefficient (Wildman–Crippen LogP) is 2.54. The van der Waals surface area contributed by atoms with E-state index in [1.165, 1.54) is 6.07 Å². The van der Waals surface area contributed by atoms with Gasteiger partial charge in [-0.15, -0.1) is 0 Å². The van der Waals surface area contributed by atoms with Crippen molar-refractivity contribution in [2.75, 3.05) is 25.1 Å². The van der Waals surface area contributed by atoms with Crippen molar-refractivity contribution >= 4 is 27.5 Å². The Balaban J connectivity index is 1.98. The third kappa shape index (κ3) is 3.77. The van der Waals surface area contributed by atoms with Crippen LogP contribution in [0.1, 0.15) is 13.3 Å². The highest BCUT2D eigenvalue weighted by Crippen LogP contribution is 2.21. The lowest BCUT2D eigenvalue weighted by Gasteiger charge is -2.18. The zero-order valence-corrected chi connectivity index (χ0v) is 12.9. The predicted molar refractivity (Wildman–Crippen MR) is 79.1 cm³/mol. The second-order valence-electron chi connectivity index (χ2n) is 4.82. The first kappa shape index (κ1) is 15.4. The topological polar surface area (TPSA) is 50.4 Å². The van der Waals surface area contributed by atoms with Crippen LogP contribution in [0.2, 0.25) is 0 Å². The van der Waals surface area contributed by atoms with Gasteiger partial charge in [-0.3, -0.25) is 4.79 Å². The van der Waals surface area contributed by atoms with Crippen LogP contribution in [0.25, 0.3) is 0 Å². The van der Waals surface area contributed by atoms with Crippen LogP contribution >= 0.6 is 15.9 Å². The molecule has 20 heavy (non-hydrogen) atoms. The summed E-state index contributed by atoms with van der Waals surface area (Å²) in [7, 11) is 0. The largest absolute Gasteiger partial charge is 0.379 e. The van der Waals surface area contributed by atoms with E-state index in [2.05, 4.69) is 33.5 Å². The summed E-state index contributed by atoms with van der Waals surface area (Å²) >= 11 is 3.08. The van der Waals surface area contributed by atoms with Crippen LogP contribution < -0.4 is 10.6 Å². The number of carbonyl (C=O) groups is 1. The van der Waals surface area contributed by atoms with Crippen molar-refractivity contribution in [2.45, 2.75) is 19.4 Å². The summed E-state index contributed by atoms with van der Waals surface area (Å²) in [5.74, 6) is -0.780. The van der Waals surface area contributed by atoms with Crippen LogP contribution in [0.5, 0.6) is 0 Å². The summed E-state index contributed by atoms with van der Waals surface area (Å²) in [6.07, 6.45) is 1.00. The van der Waals surface area contributed by atoms with Crippen molar-refractivity contribution in [3.63, 3.8) is 0 Å². The second kappa shape index (κ2) is 7.15. The number of halogens is 2. The summed E-state index contributed by atoms with van der Waals surface area (Å²) in [5, 5.41) is 6.04. The Morgan fingerprint density at radius 3 is 3.00 bits per heavy atom. The fourth-order valence-corrected chi connectivity index (χ4v) is 2.40. The Labute approximate surface area is 126 Å². The number of benzene rings is 1. The van der Waals surface area contributed by atoms with Crippen molar-refractivity contribution < 1.29 is 13.9 Å². The molecule has 0 saturated carbocycles. The number of carbonyl (C=O) groups excluding carboxylic acids is 1. The fourth-order valence-electron chi connectivity index (χ4n) is 2.15. The molecule has 1 aliphatic rings. The molecule has 0 aliphatic carbocycles. The molecule has 0 spiro atoms. The van der Waals surface area contributed by atoms with Crippen LogP contribution in [0.15, 0.2) is 22.7 Å². The highest BCUT2D eigenvalue weighted by Gasteiger charge is 2.33. The van der Waals surface area contributed by atoms with E-state index in [-0.39, 0.29) is 17.9 Å². The monoisotopic (exact) mass is 344 g/mol. The maximum Gasteiger partial charge on any atom is 0.231 e. The van der Waals surface area contributed by atoms with Gasteiger partial charge in [0.15, 0.2) is 0 Å². The molecule has 1 amide bonds. The molecule has 1 aliphatic heterocycles. The summed E-state index contributed by atoms with van der Waals surface area (Å²) in [6, 6.07) is 4.56. The van der Waals surface area contributed by atoms with Crippen LogP contribution in [-0.4, -0.2) is 31.7 Å². The highest BCUT2D eigenvalue weighted by molar-refractivity contribution is 9.10. The second-order valence-corrected chi connectivity index (χ2v) is 5.68. The normalized spacial score (nSPS) is 21.9. The molecule has 2 unspecified atom stereocenters. The zero-order chi connectivity index (χ0) is 14.5. The van der Waals surface area contributed by atoms with Gasteiger partial charge in [0, 0.05) is 11.7 Å². The number of anilines is 1. The van der Waals surface area contributed by atoms with Gasteiger partial charge in [0.1, 0.15) is 5.82 Å². The number of hydrogen-bond acceptors (Lipinski definition) is 3. The molecule has 1 saturated heterocycles. The lowest BCUT2D eigenvalue weighted by molar-refractivity contribution is -0.120. The number of nitrogens with one attached hydrogen (secondary N) is 2. The fraction of sp³-hybridized carbons (Fsp3) is 0.500. The van der Waals surface area contributed by atoms with Crippen molar-refractivity contribution in [3.05, 3.63) is 28.5 Å². The van der Waals surface area contributed by atoms with Crippen molar-refractivity contribution in [3.8, 4) is 0 Å². The smallest absolute Gasteiger partial charge is 0.231 e. The Hall–Kier alpha value is -0.980. The molecular formula is C14H18BrFN2O2. The number of hydrogen-bond donors (Lipinski definition) is 2. The van der Waals surface area contributed by atoms with Gasteiger partial charge in [-0.1, -0.05) is 6.92 Å². The molecule has 1 aromatic rings. The summed E-state index contributed by atoms with van der Waals surface area (Å²) in [4.78, 5) is 12.2. The maximum atomic E-state index is 13.4. The van der Waals surface area contributed by atoms with Gasteiger partial charge in [0.05, 0.1) is 23.6 Å². The van der Waals surface area contributed by atoms with Crippen LogP contribution in [0.4, 0.5) is 10.1 Å². The zero-order valence-electron chi connectivity index (χ0n) is 11.3. The average molecular weight is 345 g/mol. The standard InChI is InChI=1S/C14H18BrFN2O2/c1-2-5-17-13-8-20-7-10(13)14(19)18-9-3-4-11(15)12(16)6-9/h3-4,6,10,13,17H,2,5,7-8H2,1H3,(H,18,19). The third-order valence-corrected chi connectivity index (χ3v) is 3.90. The lowest BCUT2D eigenvalue weighted by atomic mass is 10.0. The molecule has 2 N–H and O–H groups in total. The van der Waals surface area contributed by atoms with E-state index in [9.17, 15) is 9.18 Å². The number of ether oxygens (including phenoxy) is 1. The Morgan fingerprint density at radius 1 is 1.50 bits per heavy atom. The molecule has 0 aromatic heterocycles. The van der Waals surface area contributed by atoms with Crippen LogP contribution in [0, 0.1) is 11.7 Å². The SMILES string of the molecule is CCCNC1COCC1C(=O)Nc1ccc(Br)c(F)c1. The number of rotatable bonds is 5. The van der Waals surface area contributed by atoms with Crippen LogP contribution in [-0.2, 0) is 9.53 Å². The van der Waals surface area contributed by atoms with Gasteiger partial charge in [-0.05, 0) is 47.1 Å². The van der Waals surface area contributed by atoms with Crippen LogP contribution in [0.3, 0.4) is 0 Å². The van der Waals surface area contributed by atoms with E-state index < -0.39 is 5.82 Å². The van der Waals surface area contributed by atoms with E-state index in [1.54, 1.807) is 12.1 Å². The van der Waals surface area contributed by atoms with E-state index in [0.29, 0.717) is 23.4 Å². The first-order valence-electron chi connectivity index (χ1n) is 6.69. The molecule has 1 fully saturated rings. The van der Waals surface area contributed by atoms with E-state index >= 15 is 0 Å². The van der Waals surface area contributed by atoms with Crippen molar-refractivity contribution in [1.82, 2.24) is 5.32 Å². The molecule has 110 valence electrons. The molecule has 1 aromatic carbocycles. The summed E-state index contributed by atoms with van der Waals surface area (Å²) in [6.45, 7) is 3.85. The molecule has 2 atom stereocenters. The molecule has 0 bridgehead atoms. The summed E-state index contributed by atoms with van der Waals surface area (Å²) in [5.41, 5.74) is 0.455. The van der Waals surface area contributed by atoms with Gasteiger partial charge < -0.3 is 15.4 Å². The van der Waals surface area contributed by atoms with Crippen molar-refractivity contribution in [2.24, 2.45) is 5.92 Å². The van der Waals surface area contributed by atoms with Gasteiger partial charge in [0.2, 0.25) is 5.91 Å². The van der Waals surface area contributed by atoms with Gasteiger partial charge >= 0.3 is 0 Å². The van der Waals surface area contributed by atoms with Crippen molar-refractivity contribution in [1.29, 1.82) is 0 Å². The molecule has 0 radical (unpaired) electrons. The Morgan fingerprint density at radius 2 is 2.30 bits per heavy atom. The third-order valence-electron chi connectivity index (χ3n) is 3.26.